The lowest BCUT2D eigenvalue weighted by molar-refractivity contribution is 0.00615. The zero-order chi connectivity index (χ0) is 10.9. The van der Waals surface area contributed by atoms with E-state index in [9.17, 15) is 8.78 Å². The van der Waals surface area contributed by atoms with Crippen molar-refractivity contribution in [1.82, 2.24) is 0 Å². The van der Waals surface area contributed by atoms with Crippen LogP contribution < -0.4 is 5.73 Å². The van der Waals surface area contributed by atoms with Crippen LogP contribution >= 0.6 is 27.3 Å². The molecule has 0 amide bonds. The molecule has 1 unspecified atom stereocenters. The van der Waals surface area contributed by atoms with Gasteiger partial charge in [-0.15, -0.1) is 11.3 Å². The minimum absolute atomic E-state index is 0.309. The monoisotopic (exact) mass is 283 g/mol. The van der Waals surface area contributed by atoms with Crippen LogP contribution in [0.4, 0.5) is 8.78 Å². The van der Waals surface area contributed by atoms with Crippen molar-refractivity contribution in [1.29, 1.82) is 0 Å². The Balaban J connectivity index is 2.79. The lowest BCUT2D eigenvalue weighted by Gasteiger charge is -2.16. The molecule has 14 heavy (non-hydrogen) atoms. The van der Waals surface area contributed by atoms with Crippen LogP contribution in [0.3, 0.4) is 0 Å². The molecule has 0 fully saturated rings. The molecule has 0 aliphatic carbocycles. The van der Waals surface area contributed by atoms with Crippen LogP contribution in [0.15, 0.2) is 9.85 Å². The standard InChI is InChI=1S/C9H12BrF2NS/c1-5-6(3-8(10)14-5)7(13)4-9(2,11)12/h3,7H,4,13H2,1-2H3. The maximum Gasteiger partial charge on any atom is 0.247 e. The van der Waals surface area contributed by atoms with Gasteiger partial charge in [0.25, 0.3) is 0 Å². The van der Waals surface area contributed by atoms with Gasteiger partial charge < -0.3 is 5.73 Å². The summed E-state index contributed by atoms with van der Waals surface area (Å²) in [7, 11) is 0. The summed E-state index contributed by atoms with van der Waals surface area (Å²) in [4.78, 5) is 0.994. The van der Waals surface area contributed by atoms with Gasteiger partial charge in [-0.25, -0.2) is 8.78 Å². The smallest absolute Gasteiger partial charge is 0.247 e. The van der Waals surface area contributed by atoms with Crippen molar-refractivity contribution in [3.8, 4) is 0 Å². The zero-order valence-electron chi connectivity index (χ0n) is 7.98. The molecule has 1 heterocycles. The zero-order valence-corrected chi connectivity index (χ0v) is 10.4. The topological polar surface area (TPSA) is 26.0 Å². The minimum Gasteiger partial charge on any atom is -0.324 e. The second-order valence-corrected chi connectivity index (χ2v) is 6.08. The van der Waals surface area contributed by atoms with Gasteiger partial charge in [0.05, 0.1) is 3.79 Å². The first-order chi connectivity index (χ1) is 6.29. The number of nitrogens with two attached hydrogens (primary N) is 1. The lowest BCUT2D eigenvalue weighted by Crippen LogP contribution is -2.21. The maximum absolute atomic E-state index is 12.7. The van der Waals surface area contributed by atoms with Crippen LogP contribution in [0.2, 0.25) is 0 Å². The molecule has 80 valence electrons. The highest BCUT2D eigenvalue weighted by molar-refractivity contribution is 9.11. The molecule has 0 saturated heterocycles. The number of hydrogen-bond acceptors (Lipinski definition) is 2. The third kappa shape index (κ3) is 3.29. The van der Waals surface area contributed by atoms with E-state index in [-0.39, 0.29) is 6.42 Å². The highest BCUT2D eigenvalue weighted by Crippen LogP contribution is 2.34. The molecule has 0 aliphatic rings. The van der Waals surface area contributed by atoms with E-state index < -0.39 is 12.0 Å². The highest BCUT2D eigenvalue weighted by Gasteiger charge is 2.26. The first-order valence-corrected chi connectivity index (χ1v) is 5.80. The highest BCUT2D eigenvalue weighted by atomic mass is 79.9. The number of aryl methyl sites for hydroxylation is 1. The van der Waals surface area contributed by atoms with E-state index in [0.717, 1.165) is 21.2 Å². The quantitative estimate of drug-likeness (QED) is 0.896. The van der Waals surface area contributed by atoms with Gasteiger partial charge in [-0.1, -0.05) is 0 Å². The second-order valence-electron chi connectivity index (χ2n) is 3.44. The van der Waals surface area contributed by atoms with Gasteiger partial charge >= 0.3 is 0 Å². The van der Waals surface area contributed by atoms with Crippen molar-refractivity contribution in [2.24, 2.45) is 5.73 Å². The van der Waals surface area contributed by atoms with Gasteiger partial charge in [-0.2, -0.15) is 0 Å². The van der Waals surface area contributed by atoms with Crippen LogP contribution in [0, 0.1) is 6.92 Å². The van der Waals surface area contributed by atoms with Gasteiger partial charge in [0, 0.05) is 17.3 Å². The molecule has 1 nitrogen and oxygen atoms in total. The maximum atomic E-state index is 12.7. The fraction of sp³-hybridized carbons (Fsp3) is 0.556. The Kier molecular flexibility index (Phi) is 3.66. The Morgan fingerprint density at radius 3 is 2.57 bits per heavy atom. The van der Waals surface area contributed by atoms with Crippen LogP contribution in [0.25, 0.3) is 0 Å². The van der Waals surface area contributed by atoms with Crippen LogP contribution in [-0.2, 0) is 0 Å². The largest absolute Gasteiger partial charge is 0.324 e. The molecule has 0 radical (unpaired) electrons. The normalized spacial score (nSPS) is 14.4. The number of alkyl halides is 2. The SMILES string of the molecule is Cc1sc(Br)cc1C(N)CC(C)(F)F. The molecule has 1 aromatic heterocycles. The third-order valence-corrected chi connectivity index (χ3v) is 3.47. The summed E-state index contributed by atoms with van der Waals surface area (Å²) in [6.07, 6.45) is -0.309. The Hall–Kier alpha value is -0.0000000000000000833. The minimum atomic E-state index is -2.71. The van der Waals surface area contributed by atoms with Crippen molar-refractivity contribution < 1.29 is 8.78 Å². The van der Waals surface area contributed by atoms with E-state index in [1.165, 1.54) is 11.3 Å². The predicted octanol–water partition coefficient (Wildman–Crippen LogP) is 3.86. The summed E-state index contributed by atoms with van der Waals surface area (Å²) in [5.41, 5.74) is 6.51. The number of hydrogen-bond donors (Lipinski definition) is 1. The van der Waals surface area contributed by atoms with Gasteiger partial charge in [-0.3, -0.25) is 0 Å². The summed E-state index contributed by atoms with van der Waals surface area (Å²) < 4.78 is 26.3. The number of thiophene rings is 1. The van der Waals surface area contributed by atoms with E-state index in [0.29, 0.717) is 0 Å². The molecule has 1 atom stereocenters. The van der Waals surface area contributed by atoms with E-state index in [1.807, 2.05) is 13.0 Å². The Morgan fingerprint density at radius 1 is 1.64 bits per heavy atom. The van der Waals surface area contributed by atoms with E-state index in [2.05, 4.69) is 15.9 Å². The van der Waals surface area contributed by atoms with Crippen molar-refractivity contribution in [2.75, 3.05) is 0 Å². The van der Waals surface area contributed by atoms with Gasteiger partial charge in [0.15, 0.2) is 0 Å². The fourth-order valence-corrected chi connectivity index (χ4v) is 3.10. The summed E-state index contributed by atoms with van der Waals surface area (Å²) in [6.45, 7) is 2.78. The molecule has 0 aromatic carbocycles. The average Bonchev–Trinajstić information content (AvgIpc) is 2.26. The third-order valence-electron chi connectivity index (χ3n) is 1.90. The van der Waals surface area contributed by atoms with Crippen LogP contribution in [0.5, 0.6) is 0 Å². The van der Waals surface area contributed by atoms with Crippen molar-refractivity contribution in [3.63, 3.8) is 0 Å². The van der Waals surface area contributed by atoms with Gasteiger partial charge in [0.1, 0.15) is 0 Å². The molecular formula is C9H12BrF2NS. The van der Waals surface area contributed by atoms with Crippen LogP contribution in [-0.4, -0.2) is 5.92 Å². The summed E-state index contributed by atoms with van der Waals surface area (Å²) >= 11 is 4.82. The lowest BCUT2D eigenvalue weighted by atomic mass is 10.0. The molecule has 1 rings (SSSR count). The second kappa shape index (κ2) is 4.24. The van der Waals surface area contributed by atoms with Gasteiger partial charge in [0.2, 0.25) is 5.92 Å². The Labute approximate surface area is 94.4 Å². The molecule has 0 saturated carbocycles. The van der Waals surface area contributed by atoms with E-state index in [1.54, 1.807) is 0 Å². The number of rotatable bonds is 3. The van der Waals surface area contributed by atoms with E-state index in [4.69, 9.17) is 5.73 Å². The van der Waals surface area contributed by atoms with E-state index >= 15 is 0 Å². The van der Waals surface area contributed by atoms with Crippen molar-refractivity contribution >= 4 is 27.3 Å². The van der Waals surface area contributed by atoms with Crippen LogP contribution in [0.1, 0.15) is 29.8 Å². The molecule has 0 aliphatic heterocycles. The molecule has 1 aromatic rings. The molecule has 2 N–H and O–H groups in total. The predicted molar refractivity (Wildman–Crippen MR) is 58.9 cm³/mol. The molecule has 0 bridgehead atoms. The first kappa shape index (κ1) is 12.1. The summed E-state index contributed by atoms with van der Waals surface area (Å²) in [6, 6.07) is 1.23. The molecule has 0 spiro atoms. The van der Waals surface area contributed by atoms with Crippen molar-refractivity contribution in [3.05, 3.63) is 20.3 Å². The fourth-order valence-electron chi connectivity index (χ4n) is 1.32. The Morgan fingerprint density at radius 2 is 2.21 bits per heavy atom. The van der Waals surface area contributed by atoms with Crippen molar-refractivity contribution in [2.45, 2.75) is 32.2 Å². The molecular weight excluding hydrogens is 272 g/mol. The Bertz CT molecular complexity index is 319. The summed E-state index contributed by atoms with van der Waals surface area (Å²) in [5, 5.41) is 0. The average molecular weight is 284 g/mol. The number of halogens is 3. The first-order valence-electron chi connectivity index (χ1n) is 4.19. The molecule has 5 heteroatoms. The summed E-state index contributed by atoms with van der Waals surface area (Å²) in [5.74, 6) is -2.71. The van der Waals surface area contributed by atoms with Gasteiger partial charge in [-0.05, 0) is 41.4 Å².